The number of carbonyl (C=O) groups is 1. The first kappa shape index (κ1) is 16.6. The molecule has 2 aromatic heterocycles. The molecule has 0 spiro atoms. The maximum Gasteiger partial charge on any atom is 0.270 e. The maximum atomic E-state index is 13.0. The molecule has 2 heterocycles. The van der Waals surface area contributed by atoms with E-state index in [1.165, 1.54) is 19.3 Å². The van der Waals surface area contributed by atoms with E-state index in [4.69, 9.17) is 4.42 Å². The molecular weight excluding hydrogens is 326 g/mol. The van der Waals surface area contributed by atoms with Gasteiger partial charge in [-0.05, 0) is 49.6 Å². The van der Waals surface area contributed by atoms with E-state index < -0.39 is 0 Å². The molecule has 0 aliphatic heterocycles. The van der Waals surface area contributed by atoms with Crippen LogP contribution in [0.1, 0.15) is 48.2 Å². The van der Waals surface area contributed by atoms with E-state index in [2.05, 4.69) is 10.4 Å². The van der Waals surface area contributed by atoms with Crippen LogP contribution >= 0.6 is 0 Å². The van der Waals surface area contributed by atoms with Gasteiger partial charge >= 0.3 is 0 Å². The molecule has 5 nitrogen and oxygen atoms in total. The van der Waals surface area contributed by atoms with Crippen molar-refractivity contribution in [2.45, 2.75) is 45.1 Å². The molecule has 0 unspecified atom stereocenters. The van der Waals surface area contributed by atoms with Crippen LogP contribution < -0.4 is 5.32 Å². The van der Waals surface area contributed by atoms with Crippen LogP contribution in [0.15, 0.2) is 53.1 Å². The summed E-state index contributed by atoms with van der Waals surface area (Å²) in [7, 11) is 0. The second kappa shape index (κ2) is 7.20. The van der Waals surface area contributed by atoms with Gasteiger partial charge in [0.1, 0.15) is 11.4 Å². The third-order valence-electron chi connectivity index (χ3n) is 4.90. The quantitative estimate of drug-likeness (QED) is 0.754. The van der Waals surface area contributed by atoms with E-state index in [0.29, 0.717) is 17.1 Å². The van der Waals surface area contributed by atoms with Crippen molar-refractivity contribution in [3.05, 3.63) is 60.0 Å². The Morgan fingerprint density at radius 2 is 2.00 bits per heavy atom. The van der Waals surface area contributed by atoms with Crippen molar-refractivity contribution in [3.8, 4) is 17.1 Å². The summed E-state index contributed by atoms with van der Waals surface area (Å²) in [6.07, 6.45) is 7.34. The highest BCUT2D eigenvalue weighted by molar-refractivity contribution is 5.94. The minimum Gasteiger partial charge on any atom is -0.463 e. The molecule has 4 rings (SSSR count). The zero-order valence-electron chi connectivity index (χ0n) is 14.9. The summed E-state index contributed by atoms with van der Waals surface area (Å²) >= 11 is 0. The van der Waals surface area contributed by atoms with Gasteiger partial charge in [0.25, 0.3) is 5.91 Å². The Hall–Kier alpha value is -2.82. The fourth-order valence-corrected chi connectivity index (χ4v) is 3.55. The minimum atomic E-state index is -0.0799. The van der Waals surface area contributed by atoms with E-state index in [9.17, 15) is 4.79 Å². The van der Waals surface area contributed by atoms with E-state index >= 15 is 0 Å². The monoisotopic (exact) mass is 349 g/mol. The number of hydrogen-bond donors (Lipinski definition) is 1. The van der Waals surface area contributed by atoms with Crippen LogP contribution in [0.2, 0.25) is 0 Å². The van der Waals surface area contributed by atoms with Gasteiger partial charge in [-0.1, -0.05) is 31.4 Å². The maximum absolute atomic E-state index is 13.0. The Bertz CT molecular complexity index is 890. The van der Waals surface area contributed by atoms with Crippen LogP contribution in [0.5, 0.6) is 0 Å². The van der Waals surface area contributed by atoms with Crippen molar-refractivity contribution in [2.75, 3.05) is 0 Å². The second-order valence-corrected chi connectivity index (χ2v) is 6.95. The summed E-state index contributed by atoms with van der Waals surface area (Å²) in [6.45, 7) is 2.03. The largest absolute Gasteiger partial charge is 0.463 e. The van der Waals surface area contributed by atoms with Gasteiger partial charge < -0.3 is 9.73 Å². The van der Waals surface area contributed by atoms with Crippen LogP contribution in [0.3, 0.4) is 0 Å². The first-order valence-corrected chi connectivity index (χ1v) is 9.22. The Morgan fingerprint density at radius 3 is 2.73 bits per heavy atom. The smallest absolute Gasteiger partial charge is 0.270 e. The zero-order chi connectivity index (χ0) is 17.9. The molecule has 0 saturated heterocycles. The fourth-order valence-electron chi connectivity index (χ4n) is 3.55. The predicted molar refractivity (Wildman–Crippen MR) is 100 cm³/mol. The van der Waals surface area contributed by atoms with Gasteiger partial charge in [0.05, 0.1) is 12.0 Å². The highest BCUT2D eigenvalue weighted by Gasteiger charge is 2.22. The molecule has 1 aliphatic carbocycles. The predicted octanol–water partition coefficient (Wildman–Crippen LogP) is 4.50. The molecule has 1 aliphatic rings. The van der Waals surface area contributed by atoms with Crippen LogP contribution in [-0.4, -0.2) is 21.7 Å². The number of aryl methyl sites for hydroxylation is 1. The third-order valence-corrected chi connectivity index (χ3v) is 4.90. The molecular formula is C21H23N3O2. The average molecular weight is 349 g/mol. The summed E-state index contributed by atoms with van der Waals surface area (Å²) in [4.78, 5) is 13.0. The Kier molecular flexibility index (Phi) is 4.61. The first-order chi connectivity index (χ1) is 12.7. The van der Waals surface area contributed by atoms with Gasteiger partial charge in [-0.15, -0.1) is 0 Å². The van der Waals surface area contributed by atoms with Gasteiger partial charge in [-0.2, -0.15) is 5.10 Å². The Morgan fingerprint density at radius 1 is 1.15 bits per heavy atom. The molecule has 134 valence electrons. The van der Waals surface area contributed by atoms with Crippen molar-refractivity contribution in [2.24, 2.45) is 0 Å². The third kappa shape index (κ3) is 3.43. The molecule has 5 heteroatoms. The van der Waals surface area contributed by atoms with Crippen LogP contribution in [-0.2, 0) is 0 Å². The molecule has 1 saturated carbocycles. The lowest BCUT2D eigenvalue weighted by atomic mass is 9.95. The summed E-state index contributed by atoms with van der Waals surface area (Å²) in [5.74, 6) is 0.576. The summed E-state index contributed by atoms with van der Waals surface area (Å²) in [5.41, 5.74) is 3.19. The Balaban J connectivity index is 1.70. The van der Waals surface area contributed by atoms with Crippen molar-refractivity contribution in [1.82, 2.24) is 15.1 Å². The minimum absolute atomic E-state index is 0.0799. The number of rotatable bonds is 4. The molecule has 1 N–H and O–H groups in total. The number of nitrogens with one attached hydrogen (secondary N) is 1. The van der Waals surface area contributed by atoms with Crippen molar-refractivity contribution in [3.63, 3.8) is 0 Å². The number of aromatic nitrogens is 2. The second-order valence-electron chi connectivity index (χ2n) is 6.95. The lowest BCUT2D eigenvalue weighted by Crippen LogP contribution is -2.37. The average Bonchev–Trinajstić information content (AvgIpc) is 3.32. The van der Waals surface area contributed by atoms with E-state index in [1.54, 1.807) is 17.0 Å². The molecule has 0 bridgehead atoms. The molecule has 0 atom stereocenters. The summed E-state index contributed by atoms with van der Waals surface area (Å²) in [5, 5.41) is 7.83. The molecule has 3 aromatic rings. The number of nitrogens with zero attached hydrogens (tertiary/aromatic N) is 2. The normalized spacial score (nSPS) is 15.1. The molecule has 26 heavy (non-hydrogen) atoms. The van der Waals surface area contributed by atoms with E-state index in [-0.39, 0.29) is 11.9 Å². The SMILES string of the molecule is Cc1cccc(-n2nc(-c3ccco3)cc2C(=O)NC2CCCCC2)c1. The Labute approximate surface area is 153 Å². The van der Waals surface area contributed by atoms with Gasteiger partial charge in [0.2, 0.25) is 0 Å². The van der Waals surface area contributed by atoms with Crippen LogP contribution in [0.4, 0.5) is 0 Å². The zero-order valence-corrected chi connectivity index (χ0v) is 14.9. The molecule has 1 aromatic carbocycles. The number of benzene rings is 1. The van der Waals surface area contributed by atoms with Crippen molar-refractivity contribution >= 4 is 5.91 Å². The number of hydrogen-bond acceptors (Lipinski definition) is 3. The molecule has 1 fully saturated rings. The summed E-state index contributed by atoms with van der Waals surface area (Å²) in [6, 6.07) is 13.7. The van der Waals surface area contributed by atoms with Gasteiger partial charge in [-0.25, -0.2) is 4.68 Å². The number of furan rings is 1. The van der Waals surface area contributed by atoms with Crippen molar-refractivity contribution < 1.29 is 9.21 Å². The lowest BCUT2D eigenvalue weighted by molar-refractivity contribution is 0.0920. The van der Waals surface area contributed by atoms with E-state index in [0.717, 1.165) is 24.1 Å². The lowest BCUT2D eigenvalue weighted by Gasteiger charge is -2.22. The summed E-state index contributed by atoms with van der Waals surface area (Å²) < 4.78 is 7.18. The standard InChI is InChI=1S/C21H23N3O2/c1-15-7-5-10-17(13-15)24-19(14-18(23-24)20-11-6-12-26-20)21(25)22-16-8-3-2-4-9-16/h5-7,10-14,16H,2-4,8-9H2,1H3,(H,22,25). The van der Waals surface area contributed by atoms with Gasteiger partial charge in [0, 0.05) is 12.1 Å². The van der Waals surface area contributed by atoms with Crippen LogP contribution in [0.25, 0.3) is 17.1 Å². The fraction of sp³-hybridized carbons (Fsp3) is 0.333. The highest BCUT2D eigenvalue weighted by atomic mass is 16.3. The van der Waals surface area contributed by atoms with Gasteiger partial charge in [0.15, 0.2) is 5.76 Å². The molecule has 0 radical (unpaired) electrons. The molecule has 1 amide bonds. The van der Waals surface area contributed by atoms with Crippen molar-refractivity contribution in [1.29, 1.82) is 0 Å². The topological polar surface area (TPSA) is 60.1 Å². The number of amides is 1. The number of carbonyl (C=O) groups excluding carboxylic acids is 1. The first-order valence-electron chi connectivity index (χ1n) is 9.22. The van der Waals surface area contributed by atoms with Gasteiger partial charge in [-0.3, -0.25) is 4.79 Å². The highest BCUT2D eigenvalue weighted by Crippen LogP contribution is 2.24. The van der Waals surface area contributed by atoms with Crippen LogP contribution in [0, 0.1) is 6.92 Å². The van der Waals surface area contributed by atoms with E-state index in [1.807, 2.05) is 43.3 Å².